The summed E-state index contributed by atoms with van der Waals surface area (Å²) < 4.78 is 43.1. The minimum absolute atomic E-state index is 0.106. The molecule has 0 atom stereocenters. The molecule has 0 amide bonds. The van der Waals surface area contributed by atoms with Gasteiger partial charge in [0.1, 0.15) is 0 Å². The van der Waals surface area contributed by atoms with E-state index in [0.29, 0.717) is 0 Å². The van der Waals surface area contributed by atoms with Gasteiger partial charge in [-0.3, -0.25) is 0 Å². The molecule has 0 aromatic carbocycles. The molecule has 7 heteroatoms. The zero-order chi connectivity index (χ0) is 12.6. The van der Waals surface area contributed by atoms with Crippen molar-refractivity contribution in [2.75, 3.05) is 7.11 Å². The number of hydrogen-bond donors (Lipinski definition) is 0. The van der Waals surface area contributed by atoms with E-state index in [1.807, 2.05) is 0 Å². The van der Waals surface area contributed by atoms with Crippen molar-refractivity contribution in [3.63, 3.8) is 0 Å². The number of alkyl halides is 3. The van der Waals surface area contributed by atoms with E-state index in [0.717, 1.165) is 10.7 Å². The van der Waals surface area contributed by atoms with Gasteiger partial charge >= 0.3 is 12.1 Å². The lowest BCUT2D eigenvalue weighted by Gasteiger charge is -2.04. The highest BCUT2D eigenvalue weighted by atomic mass is 19.4. The number of carbonyl (C=O) groups is 1. The summed E-state index contributed by atoms with van der Waals surface area (Å²) in [5, 5.41) is 0. The Morgan fingerprint density at radius 3 is 2.71 bits per heavy atom. The molecule has 17 heavy (non-hydrogen) atoms. The van der Waals surface area contributed by atoms with Gasteiger partial charge in [0.2, 0.25) is 0 Å². The van der Waals surface area contributed by atoms with Gasteiger partial charge in [-0.1, -0.05) is 0 Å². The fourth-order valence-corrected chi connectivity index (χ4v) is 1.46. The summed E-state index contributed by atoms with van der Waals surface area (Å²) in [5.74, 6) is -0.617. The molecule has 0 radical (unpaired) electrons. The van der Waals surface area contributed by atoms with Crippen molar-refractivity contribution in [2.24, 2.45) is 0 Å². The number of methoxy groups -OCH3 is 1. The third-order valence-corrected chi connectivity index (χ3v) is 2.22. The Bertz CT molecular complexity index is 574. The number of rotatable bonds is 1. The van der Waals surface area contributed by atoms with E-state index >= 15 is 0 Å². The molecule has 0 saturated carbocycles. The average molecular weight is 244 g/mol. The first-order chi connectivity index (χ1) is 7.93. The summed E-state index contributed by atoms with van der Waals surface area (Å²) in [6.07, 6.45) is -2.27. The molecule has 0 aliphatic carbocycles. The molecule has 0 spiro atoms. The Kier molecular flexibility index (Phi) is 2.53. The Balaban J connectivity index is 2.56. The quantitative estimate of drug-likeness (QED) is 0.722. The van der Waals surface area contributed by atoms with Crippen LogP contribution in [0.1, 0.15) is 16.1 Å². The number of aromatic nitrogens is 2. The minimum Gasteiger partial charge on any atom is -0.465 e. The van der Waals surface area contributed by atoms with Crippen LogP contribution in [0.4, 0.5) is 13.2 Å². The molecule has 0 unspecified atom stereocenters. The second-order valence-corrected chi connectivity index (χ2v) is 3.29. The summed E-state index contributed by atoms with van der Waals surface area (Å²) in [7, 11) is 1.20. The Morgan fingerprint density at radius 1 is 1.41 bits per heavy atom. The number of esters is 1. The molecule has 2 aromatic heterocycles. The average Bonchev–Trinajstić information content (AvgIpc) is 2.70. The highest BCUT2D eigenvalue weighted by Gasteiger charge is 2.35. The molecule has 0 N–H and O–H groups in total. The summed E-state index contributed by atoms with van der Waals surface area (Å²) in [5.41, 5.74) is -0.926. The number of fused-ring (bicyclic) bond motifs is 1. The smallest absolute Gasteiger partial charge is 0.435 e. The van der Waals surface area contributed by atoms with E-state index < -0.39 is 17.8 Å². The summed E-state index contributed by atoms with van der Waals surface area (Å²) in [4.78, 5) is 14.5. The van der Waals surface area contributed by atoms with E-state index in [4.69, 9.17) is 0 Å². The molecule has 2 aromatic rings. The van der Waals surface area contributed by atoms with Crippen molar-refractivity contribution in [1.29, 1.82) is 0 Å². The van der Waals surface area contributed by atoms with Gasteiger partial charge in [-0.15, -0.1) is 0 Å². The zero-order valence-corrected chi connectivity index (χ0v) is 8.65. The maximum Gasteiger partial charge on any atom is 0.435 e. The van der Waals surface area contributed by atoms with Crippen LogP contribution in [-0.4, -0.2) is 22.5 Å². The molecular weight excluding hydrogens is 237 g/mol. The number of hydrogen-bond acceptors (Lipinski definition) is 3. The SMILES string of the molecule is COC(=O)c1ccc2c(C(F)(F)F)ncn2c1. The van der Waals surface area contributed by atoms with Gasteiger partial charge in [-0.05, 0) is 12.1 Å². The molecule has 2 rings (SSSR count). The maximum absolute atomic E-state index is 12.5. The van der Waals surface area contributed by atoms with E-state index in [1.54, 1.807) is 0 Å². The molecule has 90 valence electrons. The highest BCUT2D eigenvalue weighted by molar-refractivity contribution is 5.89. The van der Waals surface area contributed by atoms with Crippen LogP contribution in [0, 0.1) is 0 Å². The first kappa shape index (κ1) is 11.4. The highest BCUT2D eigenvalue weighted by Crippen LogP contribution is 2.31. The maximum atomic E-state index is 12.5. The summed E-state index contributed by atoms with van der Waals surface area (Å²) >= 11 is 0. The van der Waals surface area contributed by atoms with Crippen molar-refractivity contribution >= 4 is 11.5 Å². The van der Waals surface area contributed by atoms with Crippen LogP contribution in [0.3, 0.4) is 0 Å². The second kappa shape index (κ2) is 3.76. The standard InChI is InChI=1S/C10H7F3N2O2/c1-17-9(16)6-2-3-7-8(10(11,12)13)14-5-15(7)4-6/h2-5H,1H3. The van der Waals surface area contributed by atoms with Gasteiger partial charge in [0.25, 0.3) is 0 Å². The van der Waals surface area contributed by atoms with Gasteiger partial charge < -0.3 is 9.14 Å². The van der Waals surface area contributed by atoms with E-state index in [2.05, 4.69) is 9.72 Å². The number of carbonyl (C=O) groups excluding carboxylic acids is 1. The van der Waals surface area contributed by atoms with Gasteiger partial charge in [0.15, 0.2) is 5.69 Å². The van der Waals surface area contributed by atoms with Crippen LogP contribution < -0.4 is 0 Å². The Morgan fingerprint density at radius 2 is 2.12 bits per heavy atom. The van der Waals surface area contributed by atoms with Crippen LogP contribution in [0.5, 0.6) is 0 Å². The Labute approximate surface area is 93.6 Å². The van der Waals surface area contributed by atoms with Crippen LogP contribution in [0.15, 0.2) is 24.7 Å². The predicted octanol–water partition coefficient (Wildman–Crippen LogP) is 2.14. The van der Waals surface area contributed by atoms with Crippen LogP contribution >= 0.6 is 0 Å². The number of nitrogens with zero attached hydrogens (tertiary/aromatic N) is 2. The van der Waals surface area contributed by atoms with Crippen molar-refractivity contribution in [2.45, 2.75) is 6.18 Å². The third-order valence-electron chi connectivity index (χ3n) is 2.22. The van der Waals surface area contributed by atoms with Gasteiger partial charge in [-0.2, -0.15) is 13.2 Å². The van der Waals surface area contributed by atoms with Crippen molar-refractivity contribution in [3.8, 4) is 0 Å². The monoisotopic (exact) mass is 244 g/mol. The fourth-order valence-electron chi connectivity index (χ4n) is 1.46. The number of halogens is 3. The molecule has 0 saturated heterocycles. The number of ether oxygens (including phenoxy) is 1. The van der Waals surface area contributed by atoms with E-state index in [9.17, 15) is 18.0 Å². The van der Waals surface area contributed by atoms with E-state index in [1.165, 1.54) is 25.4 Å². The van der Waals surface area contributed by atoms with Crippen LogP contribution in [-0.2, 0) is 10.9 Å². The van der Waals surface area contributed by atoms with E-state index in [-0.39, 0.29) is 11.1 Å². The van der Waals surface area contributed by atoms with Crippen molar-refractivity contribution < 1.29 is 22.7 Å². The molecule has 0 bridgehead atoms. The largest absolute Gasteiger partial charge is 0.465 e. The van der Waals surface area contributed by atoms with Crippen LogP contribution in [0.2, 0.25) is 0 Å². The lowest BCUT2D eigenvalue weighted by atomic mass is 10.2. The third kappa shape index (κ3) is 1.95. The fraction of sp³-hybridized carbons (Fsp3) is 0.200. The number of imidazole rings is 1. The second-order valence-electron chi connectivity index (χ2n) is 3.29. The minimum atomic E-state index is -4.51. The summed E-state index contributed by atoms with van der Waals surface area (Å²) in [6, 6.07) is 2.44. The molecular formula is C10H7F3N2O2. The topological polar surface area (TPSA) is 43.6 Å². The first-order valence-corrected chi connectivity index (χ1v) is 4.55. The normalized spacial score (nSPS) is 11.8. The van der Waals surface area contributed by atoms with Crippen molar-refractivity contribution in [3.05, 3.63) is 35.9 Å². The molecule has 4 nitrogen and oxygen atoms in total. The summed E-state index contributed by atoms with van der Waals surface area (Å²) in [6.45, 7) is 0. The predicted molar refractivity (Wildman–Crippen MR) is 51.5 cm³/mol. The van der Waals surface area contributed by atoms with Gasteiger partial charge in [0, 0.05) is 6.20 Å². The van der Waals surface area contributed by atoms with Crippen molar-refractivity contribution in [1.82, 2.24) is 9.38 Å². The molecule has 0 aliphatic heterocycles. The van der Waals surface area contributed by atoms with Crippen LogP contribution in [0.25, 0.3) is 5.52 Å². The van der Waals surface area contributed by atoms with Gasteiger partial charge in [0.05, 0.1) is 24.5 Å². The molecule has 2 heterocycles. The first-order valence-electron chi connectivity index (χ1n) is 4.55. The molecule has 0 fully saturated rings. The number of pyridine rings is 1. The molecule has 0 aliphatic rings. The lowest BCUT2D eigenvalue weighted by molar-refractivity contribution is -0.139. The Hall–Kier alpha value is -2.05. The van der Waals surface area contributed by atoms with Gasteiger partial charge in [-0.25, -0.2) is 9.78 Å². The zero-order valence-electron chi connectivity index (χ0n) is 8.65. The lowest BCUT2D eigenvalue weighted by Crippen LogP contribution is -2.07.